The molecule has 54 heavy (non-hydrogen) atoms. The van der Waals surface area contributed by atoms with Crippen LogP contribution >= 0.6 is 0 Å². The summed E-state index contributed by atoms with van der Waals surface area (Å²) in [5, 5.41) is 0. The highest BCUT2D eigenvalue weighted by atomic mass is 14.9. The molecule has 0 bridgehead atoms. The minimum absolute atomic E-state index is 1.03. The van der Waals surface area contributed by atoms with Crippen molar-refractivity contribution in [1.82, 2.24) is 0 Å². The van der Waals surface area contributed by atoms with Gasteiger partial charge in [-0.05, 0) is 146 Å². The van der Waals surface area contributed by atoms with Crippen molar-refractivity contribution in [2.45, 2.75) is 59.3 Å². The van der Waals surface area contributed by atoms with Crippen molar-refractivity contribution in [1.29, 1.82) is 0 Å². The standard InChI is InChI=1S/C51H54N3/c1-37-31-40(22-25-46(37)49-13-7-10-28-52(49)4)16-19-43-34-44(20-17-41-23-26-47(38(2)32-41)50-14-8-11-29-53(50)5)36-45(35-43)21-18-42-24-27-48(39(3)33-42)51-15-9-12-30-54(51)6/h7-15,22-36H,16-21H2,1-6H3/q+3. The van der Waals surface area contributed by atoms with Crippen molar-refractivity contribution in [3.05, 3.63) is 196 Å². The molecule has 3 heterocycles. The van der Waals surface area contributed by atoms with E-state index in [0.717, 1.165) is 38.5 Å². The Morgan fingerprint density at radius 2 is 0.593 bits per heavy atom. The van der Waals surface area contributed by atoms with Gasteiger partial charge in [-0.1, -0.05) is 54.6 Å². The minimum atomic E-state index is 1.03. The van der Waals surface area contributed by atoms with Gasteiger partial charge in [-0.15, -0.1) is 0 Å². The topological polar surface area (TPSA) is 11.6 Å². The molecule has 0 aliphatic carbocycles. The molecule has 0 aliphatic heterocycles. The lowest BCUT2D eigenvalue weighted by Gasteiger charge is -2.13. The molecule has 0 atom stereocenters. The zero-order chi connectivity index (χ0) is 37.6. The predicted octanol–water partition coefficient (Wildman–Crippen LogP) is 9.44. The van der Waals surface area contributed by atoms with Gasteiger partial charge >= 0.3 is 0 Å². The SMILES string of the molecule is Cc1cc(CCc2cc(CCc3ccc(-c4cccc[n+]4C)c(C)c3)cc(CCc3ccc(-c4cccc[n+]4C)c(C)c3)c2)ccc1-c1cccc[n+]1C. The van der Waals surface area contributed by atoms with Crippen LogP contribution in [0.15, 0.2) is 146 Å². The summed E-state index contributed by atoms with van der Waals surface area (Å²) in [5.74, 6) is 0. The smallest absolute Gasteiger partial charge is 0.201 e. The van der Waals surface area contributed by atoms with E-state index >= 15 is 0 Å². The Bertz CT molecular complexity index is 2140. The summed E-state index contributed by atoms with van der Waals surface area (Å²) in [5.41, 5.74) is 20.1. The molecule has 0 saturated carbocycles. The van der Waals surface area contributed by atoms with Crippen molar-refractivity contribution in [2.75, 3.05) is 0 Å². The summed E-state index contributed by atoms with van der Waals surface area (Å²) in [4.78, 5) is 0. The number of rotatable bonds is 12. The zero-order valence-corrected chi connectivity index (χ0v) is 32.9. The summed E-state index contributed by atoms with van der Waals surface area (Å²) in [6.45, 7) is 6.73. The molecule has 0 aliphatic rings. The Morgan fingerprint density at radius 1 is 0.315 bits per heavy atom. The van der Waals surface area contributed by atoms with E-state index in [1.165, 1.54) is 83.8 Å². The first kappa shape index (κ1) is 36.7. The van der Waals surface area contributed by atoms with Gasteiger partial charge in [0.25, 0.3) is 0 Å². The van der Waals surface area contributed by atoms with Crippen LogP contribution in [0.25, 0.3) is 33.8 Å². The fourth-order valence-electron chi connectivity index (χ4n) is 8.05. The van der Waals surface area contributed by atoms with Crippen LogP contribution in [0, 0.1) is 20.8 Å². The van der Waals surface area contributed by atoms with Gasteiger partial charge in [0.2, 0.25) is 17.1 Å². The molecular weight excluding hydrogens is 655 g/mol. The summed E-state index contributed by atoms with van der Waals surface area (Å²) in [6, 6.07) is 47.7. The van der Waals surface area contributed by atoms with Gasteiger partial charge < -0.3 is 0 Å². The van der Waals surface area contributed by atoms with E-state index in [1.807, 2.05) is 0 Å². The fourth-order valence-corrected chi connectivity index (χ4v) is 8.05. The minimum Gasteiger partial charge on any atom is -0.201 e. The van der Waals surface area contributed by atoms with E-state index in [0.29, 0.717) is 0 Å². The van der Waals surface area contributed by atoms with Crippen molar-refractivity contribution < 1.29 is 13.7 Å². The van der Waals surface area contributed by atoms with Crippen LogP contribution in [-0.4, -0.2) is 0 Å². The first-order chi connectivity index (χ1) is 26.2. The normalized spacial score (nSPS) is 11.2. The number of pyridine rings is 3. The second kappa shape index (κ2) is 16.6. The van der Waals surface area contributed by atoms with E-state index in [-0.39, 0.29) is 0 Å². The van der Waals surface area contributed by atoms with Gasteiger partial charge in [0, 0.05) is 53.1 Å². The molecule has 4 aromatic carbocycles. The largest absolute Gasteiger partial charge is 0.212 e. The lowest BCUT2D eigenvalue weighted by molar-refractivity contribution is -0.660. The number of aryl methyl sites for hydroxylation is 12. The monoisotopic (exact) mass is 708 g/mol. The van der Waals surface area contributed by atoms with Crippen molar-refractivity contribution in [3.8, 4) is 33.8 Å². The molecule has 0 N–H and O–H groups in total. The van der Waals surface area contributed by atoms with Crippen molar-refractivity contribution in [3.63, 3.8) is 0 Å². The molecule has 0 amide bonds. The maximum absolute atomic E-state index is 2.47. The van der Waals surface area contributed by atoms with Gasteiger partial charge in [0.1, 0.15) is 21.1 Å². The Morgan fingerprint density at radius 3 is 0.852 bits per heavy atom. The van der Waals surface area contributed by atoms with Crippen LogP contribution < -0.4 is 13.7 Å². The van der Waals surface area contributed by atoms with Crippen LogP contribution in [0.3, 0.4) is 0 Å². The molecule has 7 aromatic rings. The average molecular weight is 709 g/mol. The van der Waals surface area contributed by atoms with Crippen LogP contribution in [0.5, 0.6) is 0 Å². The first-order valence-electron chi connectivity index (χ1n) is 19.5. The summed E-state index contributed by atoms with van der Waals surface area (Å²) >= 11 is 0. The summed E-state index contributed by atoms with van der Waals surface area (Å²) in [7, 11) is 6.36. The molecule has 3 aromatic heterocycles. The number of nitrogens with zero attached hydrogens (tertiary/aromatic N) is 3. The second-order valence-corrected chi connectivity index (χ2v) is 15.2. The lowest BCUT2D eigenvalue weighted by atomic mass is 9.92. The van der Waals surface area contributed by atoms with Gasteiger partial charge in [0.05, 0.1) is 0 Å². The van der Waals surface area contributed by atoms with Crippen molar-refractivity contribution in [2.24, 2.45) is 21.1 Å². The lowest BCUT2D eigenvalue weighted by Crippen LogP contribution is -2.30. The Hall–Kier alpha value is -5.67. The molecular formula is C51H54N3+3. The molecule has 0 unspecified atom stereocenters. The number of hydrogen-bond donors (Lipinski definition) is 0. The molecule has 7 rings (SSSR count). The van der Waals surface area contributed by atoms with Crippen LogP contribution in [0.2, 0.25) is 0 Å². The fraction of sp³-hybridized carbons (Fsp3) is 0.235. The third kappa shape index (κ3) is 8.58. The van der Waals surface area contributed by atoms with E-state index < -0.39 is 0 Å². The number of hydrogen-bond acceptors (Lipinski definition) is 0. The zero-order valence-electron chi connectivity index (χ0n) is 32.9. The van der Waals surface area contributed by atoms with Gasteiger partial charge in [-0.25, -0.2) is 13.7 Å². The van der Waals surface area contributed by atoms with Crippen LogP contribution in [0.1, 0.15) is 50.1 Å². The maximum Gasteiger partial charge on any atom is 0.212 e. The van der Waals surface area contributed by atoms with Gasteiger partial charge in [0.15, 0.2) is 18.6 Å². The maximum atomic E-state index is 2.47. The Balaban J connectivity index is 1.10. The average Bonchev–Trinajstić information content (AvgIpc) is 3.17. The van der Waals surface area contributed by atoms with E-state index in [9.17, 15) is 0 Å². The molecule has 0 fully saturated rings. The highest BCUT2D eigenvalue weighted by Crippen LogP contribution is 2.26. The molecule has 3 nitrogen and oxygen atoms in total. The summed E-state index contributed by atoms with van der Waals surface area (Å²) in [6.07, 6.45) is 12.5. The van der Waals surface area contributed by atoms with Gasteiger partial charge in [-0.3, -0.25) is 0 Å². The molecule has 0 saturated heterocycles. The molecule has 0 radical (unpaired) electrons. The van der Waals surface area contributed by atoms with Crippen LogP contribution in [-0.2, 0) is 59.7 Å². The number of benzene rings is 4. The van der Waals surface area contributed by atoms with E-state index in [1.54, 1.807) is 0 Å². The summed E-state index contributed by atoms with van der Waals surface area (Å²) < 4.78 is 6.60. The first-order valence-corrected chi connectivity index (χ1v) is 19.5. The molecule has 270 valence electrons. The van der Waals surface area contributed by atoms with E-state index in [4.69, 9.17) is 0 Å². The van der Waals surface area contributed by atoms with Crippen molar-refractivity contribution >= 4 is 0 Å². The Labute approximate surface area is 322 Å². The molecule has 3 heteroatoms. The van der Waals surface area contributed by atoms with Gasteiger partial charge in [-0.2, -0.15) is 0 Å². The third-order valence-corrected chi connectivity index (χ3v) is 11.1. The Kier molecular flexibility index (Phi) is 11.2. The second-order valence-electron chi connectivity index (χ2n) is 15.2. The van der Waals surface area contributed by atoms with E-state index in [2.05, 4.69) is 202 Å². The predicted molar refractivity (Wildman–Crippen MR) is 222 cm³/mol. The highest BCUT2D eigenvalue weighted by Gasteiger charge is 2.15. The highest BCUT2D eigenvalue weighted by molar-refractivity contribution is 5.63. The quantitative estimate of drug-likeness (QED) is 0.112. The number of aromatic nitrogens is 3. The third-order valence-electron chi connectivity index (χ3n) is 11.1. The molecule has 0 spiro atoms. The van der Waals surface area contributed by atoms with Crippen LogP contribution in [0.4, 0.5) is 0 Å².